The lowest BCUT2D eigenvalue weighted by Gasteiger charge is -2.05. The molecule has 2 aromatic heterocycles. The Hall–Kier alpha value is -2.07. The number of aryl methyl sites for hydroxylation is 1. The molecule has 2 heterocycles. The summed E-state index contributed by atoms with van der Waals surface area (Å²) in [4.78, 5) is 17.4. The zero-order valence-electron chi connectivity index (χ0n) is 10.3. The molecule has 0 atom stereocenters. The first-order chi connectivity index (χ1) is 9.26. The van der Waals surface area contributed by atoms with E-state index in [9.17, 15) is 0 Å². The van der Waals surface area contributed by atoms with Crippen molar-refractivity contribution in [2.24, 2.45) is 0 Å². The summed E-state index contributed by atoms with van der Waals surface area (Å²) in [6, 6.07) is 7.69. The number of aromatic nitrogens is 4. The molecular weight excluding hydrogens is 260 g/mol. The number of hydrogen-bond donors (Lipinski definition) is 0. The third-order valence-corrected chi connectivity index (χ3v) is 3.05. The van der Waals surface area contributed by atoms with Crippen molar-refractivity contribution in [1.29, 1.82) is 0 Å². The van der Waals surface area contributed by atoms with E-state index in [4.69, 9.17) is 11.6 Å². The number of nitrogens with zero attached hydrogens (tertiary/aromatic N) is 4. The van der Waals surface area contributed by atoms with Gasteiger partial charge in [0.05, 0.1) is 22.6 Å². The highest BCUT2D eigenvalue weighted by atomic mass is 35.5. The fourth-order valence-corrected chi connectivity index (χ4v) is 2.07. The van der Waals surface area contributed by atoms with E-state index in [0.717, 1.165) is 28.0 Å². The second-order valence-corrected chi connectivity index (χ2v) is 4.48. The van der Waals surface area contributed by atoms with Crippen LogP contribution in [0.15, 0.2) is 36.7 Å². The summed E-state index contributed by atoms with van der Waals surface area (Å²) in [5.74, 6) is 1.05. The average molecular weight is 271 g/mol. The fraction of sp³-hybridized carbons (Fsp3) is 0.143. The molecule has 0 saturated carbocycles. The van der Waals surface area contributed by atoms with Crippen molar-refractivity contribution in [3.8, 4) is 11.4 Å². The van der Waals surface area contributed by atoms with Crippen LogP contribution >= 0.6 is 11.6 Å². The molecule has 3 aromatic rings. The van der Waals surface area contributed by atoms with Gasteiger partial charge in [-0.1, -0.05) is 0 Å². The number of hydrogen-bond acceptors (Lipinski definition) is 4. The zero-order valence-corrected chi connectivity index (χ0v) is 11.1. The Labute approximate surface area is 115 Å². The summed E-state index contributed by atoms with van der Waals surface area (Å²) in [5, 5.41) is 0. The molecule has 0 aliphatic carbocycles. The molecule has 4 nitrogen and oxygen atoms in total. The average Bonchev–Trinajstić information content (AvgIpc) is 2.46. The van der Waals surface area contributed by atoms with Crippen molar-refractivity contribution in [3.05, 3.63) is 48.0 Å². The SMILES string of the molecule is Cc1cc(CCl)nc(-c2ccc3nccnc3c2)n1. The van der Waals surface area contributed by atoms with Crippen LogP contribution in [0, 0.1) is 6.92 Å². The van der Waals surface area contributed by atoms with Crippen LogP contribution in [0.25, 0.3) is 22.4 Å². The van der Waals surface area contributed by atoms with Crippen LogP contribution in [-0.2, 0) is 5.88 Å². The molecule has 94 valence electrons. The molecular formula is C14H11ClN4. The molecule has 0 bridgehead atoms. The van der Waals surface area contributed by atoms with Crippen LogP contribution in [0.2, 0.25) is 0 Å². The van der Waals surface area contributed by atoms with E-state index in [2.05, 4.69) is 19.9 Å². The molecule has 5 heteroatoms. The molecule has 1 aromatic carbocycles. The number of rotatable bonds is 2. The van der Waals surface area contributed by atoms with E-state index < -0.39 is 0 Å². The van der Waals surface area contributed by atoms with Crippen molar-refractivity contribution >= 4 is 22.6 Å². The molecule has 0 aliphatic heterocycles. The van der Waals surface area contributed by atoms with Gasteiger partial charge in [-0.05, 0) is 31.2 Å². The van der Waals surface area contributed by atoms with Gasteiger partial charge in [-0.2, -0.15) is 0 Å². The van der Waals surface area contributed by atoms with Crippen molar-refractivity contribution in [2.75, 3.05) is 0 Å². The largest absolute Gasteiger partial charge is 0.253 e. The second-order valence-electron chi connectivity index (χ2n) is 4.22. The Morgan fingerprint density at radius 1 is 1.00 bits per heavy atom. The maximum Gasteiger partial charge on any atom is 0.159 e. The Morgan fingerprint density at radius 2 is 1.79 bits per heavy atom. The van der Waals surface area contributed by atoms with Crippen LogP contribution in [0.5, 0.6) is 0 Å². The van der Waals surface area contributed by atoms with Crippen LogP contribution in [0.4, 0.5) is 0 Å². The van der Waals surface area contributed by atoms with E-state index in [0.29, 0.717) is 11.7 Å². The van der Waals surface area contributed by atoms with Gasteiger partial charge in [0.1, 0.15) is 0 Å². The van der Waals surface area contributed by atoms with Crippen LogP contribution in [0.3, 0.4) is 0 Å². The lowest BCUT2D eigenvalue weighted by Crippen LogP contribution is -1.96. The minimum absolute atomic E-state index is 0.379. The molecule has 0 fully saturated rings. The Morgan fingerprint density at radius 3 is 2.58 bits per heavy atom. The number of benzene rings is 1. The Kier molecular flexibility index (Phi) is 3.09. The second kappa shape index (κ2) is 4.90. The highest BCUT2D eigenvalue weighted by molar-refractivity contribution is 6.16. The normalized spacial score (nSPS) is 10.8. The lowest BCUT2D eigenvalue weighted by molar-refractivity contribution is 1.05. The van der Waals surface area contributed by atoms with Gasteiger partial charge in [0, 0.05) is 23.7 Å². The van der Waals surface area contributed by atoms with Gasteiger partial charge in [-0.25, -0.2) is 9.97 Å². The van der Waals surface area contributed by atoms with Crippen molar-refractivity contribution in [1.82, 2.24) is 19.9 Å². The first-order valence-corrected chi connectivity index (χ1v) is 6.41. The Balaban J connectivity index is 2.15. The minimum atomic E-state index is 0.379. The van der Waals surface area contributed by atoms with E-state index in [1.807, 2.05) is 31.2 Å². The summed E-state index contributed by atoms with van der Waals surface area (Å²) >= 11 is 5.84. The first-order valence-electron chi connectivity index (χ1n) is 5.88. The smallest absolute Gasteiger partial charge is 0.159 e. The van der Waals surface area contributed by atoms with Crippen LogP contribution in [0.1, 0.15) is 11.4 Å². The monoisotopic (exact) mass is 270 g/mol. The van der Waals surface area contributed by atoms with Gasteiger partial charge in [-0.15, -0.1) is 11.6 Å². The number of halogens is 1. The number of alkyl halides is 1. The minimum Gasteiger partial charge on any atom is -0.253 e. The molecule has 0 unspecified atom stereocenters. The van der Waals surface area contributed by atoms with Gasteiger partial charge in [-0.3, -0.25) is 9.97 Å². The number of fused-ring (bicyclic) bond motifs is 1. The summed E-state index contributed by atoms with van der Waals surface area (Å²) in [6.07, 6.45) is 3.35. The molecule has 0 amide bonds. The molecule has 3 rings (SSSR count). The van der Waals surface area contributed by atoms with E-state index in [1.165, 1.54) is 0 Å². The van der Waals surface area contributed by atoms with Crippen molar-refractivity contribution < 1.29 is 0 Å². The van der Waals surface area contributed by atoms with Crippen molar-refractivity contribution in [3.63, 3.8) is 0 Å². The van der Waals surface area contributed by atoms with E-state index in [1.54, 1.807) is 12.4 Å². The molecule has 19 heavy (non-hydrogen) atoms. The fourth-order valence-electron chi connectivity index (χ4n) is 1.93. The van der Waals surface area contributed by atoms with Gasteiger partial charge >= 0.3 is 0 Å². The standard InChI is InChI=1S/C14H11ClN4/c1-9-6-11(8-15)19-14(18-9)10-2-3-12-13(7-10)17-5-4-16-12/h2-7H,8H2,1H3. The van der Waals surface area contributed by atoms with Gasteiger partial charge in [0.25, 0.3) is 0 Å². The maximum absolute atomic E-state index is 5.84. The zero-order chi connectivity index (χ0) is 13.2. The molecule has 0 N–H and O–H groups in total. The summed E-state index contributed by atoms with van der Waals surface area (Å²) < 4.78 is 0. The lowest BCUT2D eigenvalue weighted by atomic mass is 10.1. The predicted molar refractivity (Wildman–Crippen MR) is 74.9 cm³/mol. The van der Waals surface area contributed by atoms with E-state index >= 15 is 0 Å². The van der Waals surface area contributed by atoms with E-state index in [-0.39, 0.29) is 0 Å². The first kappa shape index (κ1) is 12.0. The summed E-state index contributed by atoms with van der Waals surface area (Å²) in [5.41, 5.74) is 4.33. The third kappa shape index (κ3) is 2.39. The van der Waals surface area contributed by atoms with Crippen molar-refractivity contribution in [2.45, 2.75) is 12.8 Å². The van der Waals surface area contributed by atoms with Crippen LogP contribution in [-0.4, -0.2) is 19.9 Å². The summed E-state index contributed by atoms with van der Waals surface area (Å²) in [6.45, 7) is 1.93. The van der Waals surface area contributed by atoms with Gasteiger partial charge in [0.15, 0.2) is 5.82 Å². The predicted octanol–water partition coefficient (Wildman–Crippen LogP) is 3.13. The maximum atomic E-state index is 5.84. The highest BCUT2D eigenvalue weighted by Gasteiger charge is 2.06. The van der Waals surface area contributed by atoms with Gasteiger partial charge in [0.2, 0.25) is 0 Å². The van der Waals surface area contributed by atoms with Crippen LogP contribution < -0.4 is 0 Å². The molecule has 0 aliphatic rings. The third-order valence-electron chi connectivity index (χ3n) is 2.77. The molecule has 0 saturated heterocycles. The Bertz CT molecular complexity index is 742. The molecule has 0 spiro atoms. The molecule has 0 radical (unpaired) electrons. The quantitative estimate of drug-likeness (QED) is 0.671. The highest BCUT2D eigenvalue weighted by Crippen LogP contribution is 2.20. The van der Waals surface area contributed by atoms with Gasteiger partial charge < -0.3 is 0 Å². The summed E-state index contributed by atoms with van der Waals surface area (Å²) in [7, 11) is 0. The topological polar surface area (TPSA) is 51.6 Å².